The monoisotopic (exact) mass is 311 g/mol. The highest BCUT2D eigenvalue weighted by molar-refractivity contribution is 6.30. The van der Waals surface area contributed by atoms with Gasteiger partial charge in [0.1, 0.15) is 11.5 Å². The van der Waals surface area contributed by atoms with Gasteiger partial charge in [-0.25, -0.2) is 9.97 Å². The minimum Gasteiger partial charge on any atom is -0.382 e. The number of benzene rings is 1. The van der Waals surface area contributed by atoms with E-state index in [2.05, 4.69) is 15.1 Å². The van der Waals surface area contributed by atoms with E-state index in [0.717, 1.165) is 16.8 Å². The zero-order valence-corrected chi connectivity index (χ0v) is 12.5. The fourth-order valence-corrected chi connectivity index (χ4v) is 2.50. The molecule has 1 fully saturated rings. The van der Waals surface area contributed by atoms with E-state index in [0.29, 0.717) is 22.6 Å². The smallest absolute Gasteiger partial charge is 0.150 e. The van der Waals surface area contributed by atoms with Crippen LogP contribution in [0.1, 0.15) is 18.9 Å². The Labute approximate surface area is 132 Å². The molecule has 0 radical (unpaired) electrons. The number of nitrogen functional groups attached to an aromatic ring is 1. The van der Waals surface area contributed by atoms with Crippen LogP contribution in [-0.4, -0.2) is 19.7 Å². The van der Waals surface area contributed by atoms with Crippen LogP contribution >= 0.6 is 11.6 Å². The molecule has 22 heavy (non-hydrogen) atoms. The Morgan fingerprint density at radius 3 is 2.59 bits per heavy atom. The zero-order chi connectivity index (χ0) is 15.1. The first-order valence-corrected chi connectivity index (χ1v) is 7.51. The molecule has 2 heterocycles. The van der Waals surface area contributed by atoms with Gasteiger partial charge in [-0.1, -0.05) is 23.7 Å². The number of rotatable bonds is 3. The summed E-state index contributed by atoms with van der Waals surface area (Å²) in [6.45, 7) is 0. The molecule has 0 amide bonds. The second-order valence-corrected chi connectivity index (χ2v) is 5.87. The molecule has 5 nitrogen and oxygen atoms in total. The predicted octanol–water partition coefficient (Wildman–Crippen LogP) is 3.58. The van der Waals surface area contributed by atoms with E-state index in [4.69, 9.17) is 17.3 Å². The lowest BCUT2D eigenvalue weighted by Gasteiger charge is -2.06. The third-order valence-electron chi connectivity index (χ3n) is 3.74. The molecule has 2 aromatic heterocycles. The molecular formula is C16H14ClN5. The Kier molecular flexibility index (Phi) is 3.08. The Bertz CT molecular complexity index is 821. The van der Waals surface area contributed by atoms with Crippen LogP contribution in [0.15, 0.2) is 42.9 Å². The fraction of sp³-hybridized carbons (Fsp3) is 0.188. The first-order valence-electron chi connectivity index (χ1n) is 7.14. The van der Waals surface area contributed by atoms with Crippen molar-refractivity contribution < 1.29 is 0 Å². The minimum absolute atomic E-state index is 0.410. The van der Waals surface area contributed by atoms with E-state index < -0.39 is 0 Å². The number of nitrogens with zero attached hydrogens (tertiary/aromatic N) is 4. The van der Waals surface area contributed by atoms with Crippen molar-refractivity contribution >= 4 is 17.4 Å². The Balaban J connectivity index is 1.74. The first-order chi connectivity index (χ1) is 10.7. The van der Waals surface area contributed by atoms with E-state index in [1.54, 1.807) is 12.4 Å². The van der Waals surface area contributed by atoms with Crippen molar-refractivity contribution in [1.29, 1.82) is 0 Å². The summed E-state index contributed by atoms with van der Waals surface area (Å²) in [5, 5.41) is 5.08. The van der Waals surface area contributed by atoms with Crippen LogP contribution < -0.4 is 5.73 Å². The van der Waals surface area contributed by atoms with Crippen LogP contribution in [0.5, 0.6) is 0 Å². The molecule has 110 valence electrons. The third-order valence-corrected chi connectivity index (χ3v) is 3.99. The Morgan fingerprint density at radius 2 is 1.86 bits per heavy atom. The van der Waals surface area contributed by atoms with Crippen molar-refractivity contribution in [3.8, 4) is 22.5 Å². The summed E-state index contributed by atoms with van der Waals surface area (Å²) in [6, 6.07) is 8.03. The number of aromatic nitrogens is 4. The molecule has 4 rings (SSSR count). The number of halogens is 1. The van der Waals surface area contributed by atoms with Crippen LogP contribution in [0.3, 0.4) is 0 Å². The molecule has 0 unspecified atom stereocenters. The van der Waals surface area contributed by atoms with Gasteiger partial charge in [-0.05, 0) is 25.0 Å². The summed E-state index contributed by atoms with van der Waals surface area (Å²) < 4.78 is 1.98. The topological polar surface area (TPSA) is 69.6 Å². The molecule has 1 aliphatic carbocycles. The van der Waals surface area contributed by atoms with Gasteiger partial charge < -0.3 is 5.73 Å². The highest BCUT2D eigenvalue weighted by Gasteiger charge is 2.24. The molecule has 0 saturated heterocycles. The number of nitrogens with two attached hydrogens (primary N) is 1. The SMILES string of the molecule is Nc1ncc(-c2ccc(Cl)cc2)nc1-c1cnn(C2CC2)c1. The van der Waals surface area contributed by atoms with Gasteiger partial charge in [0.2, 0.25) is 0 Å². The van der Waals surface area contributed by atoms with Gasteiger partial charge in [0.05, 0.1) is 24.1 Å². The van der Waals surface area contributed by atoms with E-state index in [1.165, 1.54) is 12.8 Å². The number of anilines is 1. The van der Waals surface area contributed by atoms with Gasteiger partial charge >= 0.3 is 0 Å². The standard InChI is InChI=1S/C16H14ClN5/c17-12-3-1-10(2-4-12)14-8-19-16(18)15(21-14)11-7-20-22(9-11)13-5-6-13/h1-4,7-9,13H,5-6H2,(H2,18,19). The van der Waals surface area contributed by atoms with Crippen molar-refractivity contribution in [3.63, 3.8) is 0 Å². The summed E-state index contributed by atoms with van der Waals surface area (Å²) >= 11 is 5.92. The highest BCUT2D eigenvalue weighted by Crippen LogP contribution is 2.35. The van der Waals surface area contributed by atoms with Gasteiger partial charge in [0.15, 0.2) is 0 Å². The number of hydrogen-bond donors (Lipinski definition) is 1. The molecule has 1 aliphatic rings. The quantitative estimate of drug-likeness (QED) is 0.802. The van der Waals surface area contributed by atoms with Crippen molar-refractivity contribution in [2.24, 2.45) is 0 Å². The molecule has 0 bridgehead atoms. The van der Waals surface area contributed by atoms with Gasteiger partial charge in [0.25, 0.3) is 0 Å². The van der Waals surface area contributed by atoms with Crippen LogP contribution in [0.25, 0.3) is 22.5 Å². The average Bonchev–Trinajstić information content (AvgIpc) is 3.27. The molecule has 0 atom stereocenters. The summed E-state index contributed by atoms with van der Waals surface area (Å²) in [4.78, 5) is 8.92. The second kappa shape index (κ2) is 5.10. The van der Waals surface area contributed by atoms with Gasteiger partial charge in [0, 0.05) is 22.3 Å². The summed E-state index contributed by atoms with van der Waals surface area (Å²) in [7, 11) is 0. The lowest BCUT2D eigenvalue weighted by Crippen LogP contribution is -1.98. The lowest BCUT2D eigenvalue weighted by molar-refractivity contribution is 0.642. The molecule has 0 aliphatic heterocycles. The van der Waals surface area contributed by atoms with E-state index >= 15 is 0 Å². The second-order valence-electron chi connectivity index (χ2n) is 5.44. The maximum absolute atomic E-state index is 5.99. The fourth-order valence-electron chi connectivity index (χ4n) is 2.37. The normalized spacial score (nSPS) is 14.2. The van der Waals surface area contributed by atoms with Crippen molar-refractivity contribution in [2.75, 3.05) is 5.73 Å². The zero-order valence-electron chi connectivity index (χ0n) is 11.8. The molecule has 6 heteroatoms. The summed E-state index contributed by atoms with van der Waals surface area (Å²) in [5.74, 6) is 0.410. The third kappa shape index (κ3) is 2.44. The van der Waals surface area contributed by atoms with Crippen LogP contribution in [0, 0.1) is 0 Å². The maximum Gasteiger partial charge on any atom is 0.150 e. The highest BCUT2D eigenvalue weighted by atomic mass is 35.5. The van der Waals surface area contributed by atoms with Crippen LogP contribution in [0.4, 0.5) is 5.82 Å². The summed E-state index contributed by atoms with van der Waals surface area (Å²) in [5.41, 5.74) is 9.27. The predicted molar refractivity (Wildman–Crippen MR) is 86.4 cm³/mol. The largest absolute Gasteiger partial charge is 0.382 e. The minimum atomic E-state index is 0.410. The maximum atomic E-state index is 5.99. The van der Waals surface area contributed by atoms with E-state index in [-0.39, 0.29) is 0 Å². The van der Waals surface area contributed by atoms with Gasteiger partial charge in [-0.15, -0.1) is 0 Å². The molecule has 3 aromatic rings. The molecule has 1 saturated carbocycles. The summed E-state index contributed by atoms with van der Waals surface area (Å²) in [6.07, 6.45) is 7.83. The molecular weight excluding hydrogens is 298 g/mol. The van der Waals surface area contributed by atoms with Crippen molar-refractivity contribution in [2.45, 2.75) is 18.9 Å². The van der Waals surface area contributed by atoms with Crippen LogP contribution in [0.2, 0.25) is 5.02 Å². The van der Waals surface area contributed by atoms with Gasteiger partial charge in [-0.3, -0.25) is 4.68 Å². The first kappa shape index (κ1) is 13.3. The van der Waals surface area contributed by atoms with Crippen molar-refractivity contribution in [3.05, 3.63) is 47.9 Å². The molecule has 0 spiro atoms. The van der Waals surface area contributed by atoms with Crippen LogP contribution in [-0.2, 0) is 0 Å². The lowest BCUT2D eigenvalue weighted by atomic mass is 10.1. The average molecular weight is 312 g/mol. The Morgan fingerprint density at radius 1 is 1.09 bits per heavy atom. The molecule has 2 N–H and O–H groups in total. The van der Waals surface area contributed by atoms with Gasteiger partial charge in [-0.2, -0.15) is 5.10 Å². The van der Waals surface area contributed by atoms with Crippen molar-refractivity contribution in [1.82, 2.24) is 19.7 Å². The molecule has 1 aromatic carbocycles. The van der Waals surface area contributed by atoms with E-state index in [9.17, 15) is 0 Å². The Hall–Kier alpha value is -2.40. The van der Waals surface area contributed by atoms with E-state index in [1.807, 2.05) is 35.1 Å². The number of hydrogen-bond acceptors (Lipinski definition) is 4.